The Labute approximate surface area is 449 Å². The number of unbranched alkanes of at least 4 members (excludes halogenated alkanes) is 45. The van der Waals surface area contributed by atoms with E-state index in [0.717, 1.165) is 44.9 Å². The lowest BCUT2D eigenvalue weighted by Crippen LogP contribution is -2.45. The van der Waals surface area contributed by atoms with Gasteiger partial charge in [0.1, 0.15) is 0 Å². The Kier molecular flexibility index (Phi) is 60.0. The molecule has 0 radical (unpaired) electrons. The van der Waals surface area contributed by atoms with Crippen molar-refractivity contribution >= 4 is 11.9 Å². The third-order valence-electron chi connectivity index (χ3n) is 14.9. The summed E-state index contributed by atoms with van der Waals surface area (Å²) in [5.41, 5.74) is 0. The van der Waals surface area contributed by atoms with Gasteiger partial charge in [-0.25, -0.2) is 0 Å². The largest absolute Gasteiger partial charge is 0.466 e. The summed E-state index contributed by atoms with van der Waals surface area (Å²) in [5, 5.41) is 23.1. The molecule has 0 bridgehead atoms. The summed E-state index contributed by atoms with van der Waals surface area (Å²) >= 11 is 0. The van der Waals surface area contributed by atoms with Gasteiger partial charge in [-0.15, -0.1) is 0 Å². The van der Waals surface area contributed by atoms with Crippen molar-refractivity contribution in [2.45, 2.75) is 360 Å². The molecule has 0 aliphatic heterocycles. The second-order valence-corrected chi connectivity index (χ2v) is 22.1. The molecule has 0 aromatic carbocycles. The molecule has 424 valence electrons. The molecule has 6 nitrogen and oxygen atoms in total. The normalized spacial score (nSPS) is 12.8. The van der Waals surface area contributed by atoms with Crippen LogP contribution in [0.25, 0.3) is 0 Å². The van der Waals surface area contributed by atoms with Gasteiger partial charge in [0, 0.05) is 12.8 Å². The lowest BCUT2D eigenvalue weighted by atomic mass is 10.0. The third kappa shape index (κ3) is 57.4. The van der Waals surface area contributed by atoms with Crippen molar-refractivity contribution in [1.82, 2.24) is 5.32 Å². The van der Waals surface area contributed by atoms with Gasteiger partial charge in [-0.1, -0.05) is 307 Å². The van der Waals surface area contributed by atoms with Crippen molar-refractivity contribution in [3.8, 4) is 0 Å². The van der Waals surface area contributed by atoms with Crippen molar-refractivity contribution in [3.63, 3.8) is 0 Å². The molecule has 0 aliphatic rings. The molecule has 72 heavy (non-hydrogen) atoms. The summed E-state index contributed by atoms with van der Waals surface area (Å²) < 4.78 is 5.48. The van der Waals surface area contributed by atoms with Crippen LogP contribution in [-0.2, 0) is 14.3 Å². The van der Waals surface area contributed by atoms with Gasteiger partial charge in [-0.2, -0.15) is 0 Å². The zero-order valence-electron chi connectivity index (χ0n) is 48.4. The highest BCUT2D eigenvalue weighted by Gasteiger charge is 2.18. The van der Waals surface area contributed by atoms with Crippen molar-refractivity contribution in [2.24, 2.45) is 0 Å². The Morgan fingerprint density at radius 1 is 0.389 bits per heavy atom. The summed E-state index contributed by atoms with van der Waals surface area (Å²) in [6.07, 6.45) is 77.7. The summed E-state index contributed by atoms with van der Waals surface area (Å²) in [7, 11) is 0. The predicted octanol–water partition coefficient (Wildman–Crippen LogP) is 20.4. The van der Waals surface area contributed by atoms with Crippen LogP contribution in [0.1, 0.15) is 348 Å². The molecule has 0 fully saturated rings. The molecule has 0 aromatic heterocycles. The average molecular weight is 1010 g/mol. The van der Waals surface area contributed by atoms with Gasteiger partial charge in [0.15, 0.2) is 0 Å². The van der Waals surface area contributed by atoms with E-state index < -0.39 is 12.1 Å². The fourth-order valence-electron chi connectivity index (χ4n) is 9.96. The summed E-state index contributed by atoms with van der Waals surface area (Å²) in [6, 6.07) is -0.630. The Morgan fingerprint density at radius 2 is 0.694 bits per heavy atom. The minimum Gasteiger partial charge on any atom is -0.466 e. The van der Waals surface area contributed by atoms with E-state index in [-0.39, 0.29) is 18.5 Å². The van der Waals surface area contributed by atoms with Crippen LogP contribution in [0.3, 0.4) is 0 Å². The van der Waals surface area contributed by atoms with Gasteiger partial charge >= 0.3 is 5.97 Å². The van der Waals surface area contributed by atoms with Crippen LogP contribution < -0.4 is 5.32 Å². The second-order valence-electron chi connectivity index (χ2n) is 22.1. The lowest BCUT2D eigenvalue weighted by Gasteiger charge is -2.20. The van der Waals surface area contributed by atoms with E-state index in [1.54, 1.807) is 6.08 Å². The third-order valence-corrected chi connectivity index (χ3v) is 14.9. The summed E-state index contributed by atoms with van der Waals surface area (Å²) in [5.74, 6) is -0.0576. The van der Waals surface area contributed by atoms with Gasteiger partial charge < -0.3 is 20.3 Å². The maximum atomic E-state index is 12.5. The van der Waals surface area contributed by atoms with Gasteiger partial charge in [-0.05, 0) is 64.2 Å². The quantitative estimate of drug-likeness (QED) is 0.0320. The molecule has 2 atom stereocenters. The first kappa shape index (κ1) is 70.1. The molecule has 0 spiro atoms. The van der Waals surface area contributed by atoms with Crippen LogP contribution in [0.4, 0.5) is 0 Å². The first-order valence-corrected chi connectivity index (χ1v) is 32.3. The monoisotopic (exact) mass is 1010 g/mol. The van der Waals surface area contributed by atoms with E-state index in [9.17, 15) is 19.8 Å². The lowest BCUT2D eigenvalue weighted by molar-refractivity contribution is -0.143. The minimum atomic E-state index is -0.846. The Bertz CT molecular complexity index is 1170. The maximum absolute atomic E-state index is 12.5. The number of nitrogens with one attached hydrogen (secondary N) is 1. The Balaban J connectivity index is 3.43. The number of carbonyl (C=O) groups is 2. The molecular formula is C66H125NO5. The molecule has 3 N–H and O–H groups in total. The second kappa shape index (κ2) is 61.6. The number of carbonyl (C=O) groups excluding carboxylic acids is 2. The number of esters is 1. The van der Waals surface area contributed by atoms with Crippen LogP contribution in [0, 0.1) is 0 Å². The van der Waals surface area contributed by atoms with E-state index >= 15 is 0 Å². The number of rotatable bonds is 60. The van der Waals surface area contributed by atoms with Crippen LogP contribution >= 0.6 is 0 Å². The van der Waals surface area contributed by atoms with Crippen molar-refractivity contribution < 1.29 is 24.5 Å². The topological polar surface area (TPSA) is 95.9 Å². The van der Waals surface area contributed by atoms with E-state index in [0.29, 0.717) is 19.4 Å². The summed E-state index contributed by atoms with van der Waals surface area (Å²) in [6.45, 7) is 4.92. The molecular weight excluding hydrogens is 887 g/mol. The molecule has 2 unspecified atom stereocenters. The molecule has 6 heteroatoms. The molecule has 0 saturated carbocycles. The number of amides is 1. The van der Waals surface area contributed by atoms with Crippen LogP contribution in [0.15, 0.2) is 36.5 Å². The molecule has 0 rings (SSSR count). The number of hydrogen-bond acceptors (Lipinski definition) is 5. The first-order chi connectivity index (χ1) is 35.5. The fraction of sp³-hybridized carbons (Fsp3) is 0.879. The van der Waals surface area contributed by atoms with Gasteiger partial charge in [0.25, 0.3) is 0 Å². The first-order valence-electron chi connectivity index (χ1n) is 32.3. The van der Waals surface area contributed by atoms with Crippen LogP contribution in [0.5, 0.6) is 0 Å². The highest BCUT2D eigenvalue weighted by atomic mass is 16.5. The molecule has 0 saturated heterocycles. The number of allylic oxidation sites excluding steroid dienone is 5. The number of hydrogen-bond donors (Lipinski definition) is 3. The molecule has 0 aromatic rings. The highest BCUT2D eigenvalue weighted by molar-refractivity contribution is 5.76. The number of aliphatic hydroxyl groups excluding tert-OH is 2. The number of aliphatic hydroxyl groups is 2. The fourth-order valence-corrected chi connectivity index (χ4v) is 9.96. The van der Waals surface area contributed by atoms with Gasteiger partial charge in [0.2, 0.25) is 5.91 Å². The standard InChI is InChI=1S/C66H125NO5/c1-3-5-7-9-11-13-15-17-34-38-42-46-50-54-58-64(69)63(62-68)67-65(70)59-55-51-47-43-39-35-32-30-28-26-24-22-20-19-21-23-25-27-29-31-33-37-41-45-49-53-57-61-72-66(71)60-56-52-48-44-40-36-18-16-14-12-10-8-6-4-2/h19-20,23,25,54,58,63-64,68-69H,3-18,21-22,24,26-53,55-57,59-62H2,1-2H3,(H,67,70)/b20-19-,25-23-,58-54+. The van der Waals surface area contributed by atoms with Crippen LogP contribution in [-0.4, -0.2) is 47.4 Å². The molecule has 0 aliphatic carbocycles. The molecule has 1 amide bonds. The van der Waals surface area contributed by atoms with Crippen molar-refractivity contribution in [3.05, 3.63) is 36.5 Å². The van der Waals surface area contributed by atoms with Gasteiger partial charge in [-0.3, -0.25) is 9.59 Å². The Hall–Kier alpha value is -1.92. The average Bonchev–Trinajstić information content (AvgIpc) is 3.38. The zero-order valence-corrected chi connectivity index (χ0v) is 48.4. The zero-order chi connectivity index (χ0) is 52.2. The Morgan fingerprint density at radius 3 is 1.06 bits per heavy atom. The van der Waals surface area contributed by atoms with E-state index in [1.807, 2.05) is 6.08 Å². The minimum absolute atomic E-state index is 0.0126. The SMILES string of the molecule is CCCCCCCCCCCCCC/C=C/C(O)C(CO)NC(=O)CCCCCCCCCCCCC/C=C\C/C=C\CCCCCCCCCCCOC(=O)CCCCCCCCCCCCCCCC. The van der Waals surface area contributed by atoms with Crippen LogP contribution in [0.2, 0.25) is 0 Å². The number of ether oxygens (including phenoxy) is 1. The van der Waals surface area contributed by atoms with E-state index in [1.165, 1.54) is 276 Å². The molecule has 0 heterocycles. The predicted molar refractivity (Wildman–Crippen MR) is 315 cm³/mol. The summed E-state index contributed by atoms with van der Waals surface area (Å²) in [4.78, 5) is 24.5. The van der Waals surface area contributed by atoms with Gasteiger partial charge in [0.05, 0.1) is 25.4 Å². The van der Waals surface area contributed by atoms with E-state index in [2.05, 4.69) is 43.5 Å². The smallest absolute Gasteiger partial charge is 0.305 e. The maximum Gasteiger partial charge on any atom is 0.305 e. The highest BCUT2D eigenvalue weighted by Crippen LogP contribution is 2.17. The van der Waals surface area contributed by atoms with Crippen molar-refractivity contribution in [2.75, 3.05) is 13.2 Å². The van der Waals surface area contributed by atoms with E-state index in [4.69, 9.17) is 4.74 Å². The van der Waals surface area contributed by atoms with Crippen molar-refractivity contribution in [1.29, 1.82) is 0 Å².